The first kappa shape index (κ1) is 18.4. The van der Waals surface area contributed by atoms with E-state index in [1.165, 1.54) is 42.0 Å². The molecule has 0 aliphatic carbocycles. The third kappa shape index (κ3) is 3.89. The van der Waals surface area contributed by atoms with E-state index < -0.39 is 23.6 Å². The molecule has 1 aromatic carbocycles. The number of halogens is 3. The van der Waals surface area contributed by atoms with Gasteiger partial charge in [0.2, 0.25) is 0 Å². The summed E-state index contributed by atoms with van der Waals surface area (Å²) in [5, 5.41) is 10.3. The molecule has 3 aromatic rings. The van der Waals surface area contributed by atoms with Crippen molar-refractivity contribution in [2.75, 3.05) is 13.7 Å². The molecule has 0 aliphatic rings. The second kappa shape index (κ2) is 7.06. The van der Waals surface area contributed by atoms with Crippen molar-refractivity contribution in [3.05, 3.63) is 53.7 Å². The summed E-state index contributed by atoms with van der Waals surface area (Å²) in [7, 11) is 1.20. The first-order valence-electron chi connectivity index (χ1n) is 7.67. The third-order valence-electron chi connectivity index (χ3n) is 3.76. The lowest BCUT2D eigenvalue weighted by Crippen LogP contribution is -2.30. The maximum absolute atomic E-state index is 12.7. The van der Waals surface area contributed by atoms with E-state index >= 15 is 0 Å². The number of ether oxygens (including phenoxy) is 1. The molecule has 2 heterocycles. The topological polar surface area (TPSA) is 85.6 Å². The summed E-state index contributed by atoms with van der Waals surface area (Å²) in [6, 6.07) is 7.49. The molecule has 140 valence electrons. The molecule has 10 heteroatoms. The van der Waals surface area contributed by atoms with Gasteiger partial charge >= 0.3 is 12.1 Å². The Kier molecular flexibility index (Phi) is 4.80. The van der Waals surface area contributed by atoms with E-state index in [4.69, 9.17) is 0 Å². The summed E-state index contributed by atoms with van der Waals surface area (Å²) in [6.07, 6.45) is -2.99. The standard InChI is InChI=1S/C17H13F3N4O3/c1-27-14(25)8-21-16(26)11-4-7-13-22-23-15(24(13)9-11)10-2-5-12(6-3-10)17(18,19)20/h2-7,9H,8H2,1H3,(H,21,26). The Labute approximate surface area is 150 Å². The maximum Gasteiger partial charge on any atom is 0.416 e. The summed E-state index contributed by atoms with van der Waals surface area (Å²) < 4.78 is 44.0. The fraction of sp³-hybridized carbons (Fsp3) is 0.176. The Morgan fingerprint density at radius 3 is 2.44 bits per heavy atom. The first-order valence-corrected chi connectivity index (χ1v) is 7.67. The Hall–Kier alpha value is -3.43. The van der Waals surface area contributed by atoms with Crippen LogP contribution in [0.2, 0.25) is 0 Å². The minimum Gasteiger partial charge on any atom is -0.468 e. The number of rotatable bonds is 4. The molecule has 3 rings (SSSR count). The van der Waals surface area contributed by atoms with E-state index in [9.17, 15) is 22.8 Å². The lowest BCUT2D eigenvalue weighted by atomic mass is 10.1. The fourth-order valence-electron chi connectivity index (χ4n) is 2.36. The Morgan fingerprint density at radius 1 is 1.11 bits per heavy atom. The quantitative estimate of drug-likeness (QED) is 0.705. The van der Waals surface area contributed by atoms with Crippen LogP contribution in [0.15, 0.2) is 42.6 Å². The van der Waals surface area contributed by atoms with Crippen LogP contribution in [0.1, 0.15) is 15.9 Å². The molecule has 0 fully saturated rings. The van der Waals surface area contributed by atoms with Crippen LogP contribution in [0.4, 0.5) is 13.2 Å². The molecule has 0 unspecified atom stereocenters. The van der Waals surface area contributed by atoms with Gasteiger partial charge in [0, 0.05) is 11.8 Å². The van der Waals surface area contributed by atoms with Crippen LogP contribution >= 0.6 is 0 Å². The van der Waals surface area contributed by atoms with Crippen molar-refractivity contribution in [2.45, 2.75) is 6.18 Å². The molecular weight excluding hydrogens is 365 g/mol. The zero-order valence-electron chi connectivity index (χ0n) is 13.9. The molecule has 1 amide bonds. The van der Waals surface area contributed by atoms with Gasteiger partial charge in [0.1, 0.15) is 6.54 Å². The monoisotopic (exact) mass is 378 g/mol. The molecule has 1 N–H and O–H groups in total. The SMILES string of the molecule is COC(=O)CNC(=O)c1ccc2nnc(-c3ccc(C(F)(F)F)cc3)n2c1. The van der Waals surface area contributed by atoms with Gasteiger partial charge in [-0.05, 0) is 24.3 Å². The average Bonchev–Trinajstić information content (AvgIpc) is 3.08. The van der Waals surface area contributed by atoms with Crippen molar-refractivity contribution in [2.24, 2.45) is 0 Å². The number of benzene rings is 1. The maximum atomic E-state index is 12.7. The minimum absolute atomic E-state index is 0.222. The number of aromatic nitrogens is 3. The number of nitrogens with one attached hydrogen (secondary N) is 1. The second-order valence-electron chi connectivity index (χ2n) is 5.50. The lowest BCUT2D eigenvalue weighted by Gasteiger charge is -2.08. The highest BCUT2D eigenvalue weighted by Crippen LogP contribution is 2.30. The molecule has 27 heavy (non-hydrogen) atoms. The second-order valence-corrected chi connectivity index (χ2v) is 5.50. The highest BCUT2D eigenvalue weighted by molar-refractivity contribution is 5.96. The molecule has 0 aliphatic heterocycles. The van der Waals surface area contributed by atoms with Crippen LogP contribution in [0.3, 0.4) is 0 Å². The third-order valence-corrected chi connectivity index (χ3v) is 3.76. The normalized spacial score (nSPS) is 11.4. The number of hydrogen-bond donors (Lipinski definition) is 1. The van der Waals surface area contributed by atoms with E-state index in [-0.39, 0.29) is 17.9 Å². The van der Waals surface area contributed by atoms with Gasteiger partial charge in [-0.1, -0.05) is 12.1 Å². The van der Waals surface area contributed by atoms with Gasteiger partial charge in [-0.25, -0.2) is 0 Å². The van der Waals surface area contributed by atoms with E-state index in [0.717, 1.165) is 12.1 Å². The molecule has 0 saturated carbocycles. The van der Waals surface area contributed by atoms with Gasteiger partial charge in [0.15, 0.2) is 11.5 Å². The highest BCUT2D eigenvalue weighted by Gasteiger charge is 2.30. The Morgan fingerprint density at radius 2 is 1.81 bits per heavy atom. The molecule has 7 nitrogen and oxygen atoms in total. The summed E-state index contributed by atoms with van der Waals surface area (Å²) in [5.41, 5.74) is 0.263. The smallest absolute Gasteiger partial charge is 0.416 e. The van der Waals surface area contributed by atoms with Crippen LogP contribution in [0.25, 0.3) is 17.0 Å². The van der Waals surface area contributed by atoms with Gasteiger partial charge in [0.05, 0.1) is 18.2 Å². The van der Waals surface area contributed by atoms with E-state index in [1.54, 1.807) is 0 Å². The van der Waals surface area contributed by atoms with Crippen molar-refractivity contribution >= 4 is 17.5 Å². The summed E-state index contributed by atoms with van der Waals surface area (Å²) in [6.45, 7) is -0.290. The molecule has 0 saturated heterocycles. The Balaban J connectivity index is 1.91. The van der Waals surface area contributed by atoms with Crippen LogP contribution in [0, 0.1) is 0 Å². The molecule has 2 aromatic heterocycles. The number of carbonyl (C=O) groups is 2. The molecule has 0 atom stereocenters. The van der Waals surface area contributed by atoms with Crippen molar-refractivity contribution in [1.82, 2.24) is 19.9 Å². The van der Waals surface area contributed by atoms with E-state index in [1.807, 2.05) is 0 Å². The number of esters is 1. The first-order chi connectivity index (χ1) is 12.8. The zero-order chi connectivity index (χ0) is 19.6. The predicted octanol–water partition coefficient (Wildman–Crippen LogP) is 2.32. The molecule has 0 spiro atoms. The largest absolute Gasteiger partial charge is 0.468 e. The van der Waals surface area contributed by atoms with Gasteiger partial charge < -0.3 is 10.1 Å². The van der Waals surface area contributed by atoms with Gasteiger partial charge in [0.25, 0.3) is 5.91 Å². The summed E-state index contributed by atoms with van der Waals surface area (Å²) >= 11 is 0. The fourth-order valence-corrected chi connectivity index (χ4v) is 2.36. The van der Waals surface area contributed by atoms with Crippen LogP contribution in [-0.2, 0) is 15.7 Å². The summed E-state index contributed by atoms with van der Waals surface area (Å²) in [5.74, 6) is -0.838. The van der Waals surface area contributed by atoms with Crippen LogP contribution in [0.5, 0.6) is 0 Å². The Bertz CT molecular complexity index is 997. The van der Waals surface area contributed by atoms with Crippen molar-refractivity contribution in [3.8, 4) is 11.4 Å². The minimum atomic E-state index is -4.43. The predicted molar refractivity (Wildman–Crippen MR) is 87.8 cm³/mol. The van der Waals surface area contributed by atoms with Crippen molar-refractivity contribution in [1.29, 1.82) is 0 Å². The van der Waals surface area contributed by atoms with E-state index in [0.29, 0.717) is 11.2 Å². The number of pyridine rings is 1. The van der Waals surface area contributed by atoms with Crippen molar-refractivity contribution < 1.29 is 27.5 Å². The number of methoxy groups -OCH3 is 1. The van der Waals surface area contributed by atoms with Gasteiger partial charge in [-0.3, -0.25) is 14.0 Å². The van der Waals surface area contributed by atoms with Crippen molar-refractivity contribution in [3.63, 3.8) is 0 Å². The number of carbonyl (C=O) groups excluding carboxylic acids is 2. The van der Waals surface area contributed by atoms with Crippen LogP contribution < -0.4 is 5.32 Å². The number of nitrogens with zero attached hydrogens (tertiary/aromatic N) is 3. The molecular formula is C17H13F3N4O3. The number of alkyl halides is 3. The highest BCUT2D eigenvalue weighted by atomic mass is 19.4. The van der Waals surface area contributed by atoms with Gasteiger partial charge in [-0.15, -0.1) is 10.2 Å². The zero-order valence-corrected chi connectivity index (χ0v) is 13.9. The van der Waals surface area contributed by atoms with E-state index in [2.05, 4.69) is 20.3 Å². The lowest BCUT2D eigenvalue weighted by molar-refractivity contribution is -0.139. The number of fused-ring (bicyclic) bond motifs is 1. The number of amides is 1. The molecule has 0 radical (unpaired) electrons. The van der Waals surface area contributed by atoms with Crippen LogP contribution in [-0.4, -0.2) is 40.1 Å². The molecule has 0 bridgehead atoms. The number of hydrogen-bond acceptors (Lipinski definition) is 5. The summed E-state index contributed by atoms with van der Waals surface area (Å²) in [4.78, 5) is 23.2. The average molecular weight is 378 g/mol. The van der Waals surface area contributed by atoms with Gasteiger partial charge in [-0.2, -0.15) is 13.2 Å².